The lowest BCUT2D eigenvalue weighted by atomic mass is 10.2. The Kier molecular flexibility index (Phi) is 2.45. The summed E-state index contributed by atoms with van der Waals surface area (Å²) in [6.45, 7) is 0. The lowest BCUT2D eigenvalue weighted by Crippen LogP contribution is -2.00. The number of H-pyrrole nitrogens is 2. The molecule has 0 aliphatic rings. The first-order valence-corrected chi connectivity index (χ1v) is 5.56. The molecule has 1 aromatic carbocycles. The lowest BCUT2D eigenvalue weighted by molar-refractivity contribution is 0.0601. The van der Waals surface area contributed by atoms with Crippen molar-refractivity contribution in [3.8, 4) is 11.6 Å². The van der Waals surface area contributed by atoms with E-state index < -0.39 is 0 Å². The molecule has 0 amide bonds. The van der Waals surface area contributed by atoms with Gasteiger partial charge in [0.25, 0.3) is 0 Å². The number of rotatable bonds is 2. The highest BCUT2D eigenvalue weighted by atomic mass is 16.5. The average molecular weight is 257 g/mol. The molecule has 0 atom stereocenters. The SMILES string of the molecule is COC(=O)c1ccc2nc(-c3ncc(N)[nH]3)[nH]c2c1. The van der Waals surface area contributed by atoms with E-state index in [-0.39, 0.29) is 5.97 Å². The second kappa shape index (κ2) is 4.13. The van der Waals surface area contributed by atoms with Crippen LogP contribution in [0.2, 0.25) is 0 Å². The summed E-state index contributed by atoms with van der Waals surface area (Å²) >= 11 is 0. The number of carbonyl (C=O) groups excluding carboxylic acids is 1. The molecule has 3 aromatic rings. The number of nitrogen functional groups attached to an aromatic ring is 1. The normalized spacial score (nSPS) is 10.8. The number of imidazole rings is 2. The van der Waals surface area contributed by atoms with Crippen LogP contribution < -0.4 is 5.73 Å². The van der Waals surface area contributed by atoms with Crippen LogP contribution in [0.5, 0.6) is 0 Å². The predicted octanol–water partition coefficient (Wildman–Crippen LogP) is 1.32. The highest BCUT2D eigenvalue weighted by Gasteiger charge is 2.11. The molecule has 0 fully saturated rings. The third-order valence-corrected chi connectivity index (χ3v) is 2.72. The molecule has 4 N–H and O–H groups in total. The molecule has 2 heterocycles. The van der Waals surface area contributed by atoms with E-state index in [0.717, 1.165) is 11.0 Å². The van der Waals surface area contributed by atoms with E-state index >= 15 is 0 Å². The van der Waals surface area contributed by atoms with Crippen molar-refractivity contribution in [1.82, 2.24) is 19.9 Å². The Balaban J connectivity index is 2.08. The molecule has 7 nitrogen and oxygen atoms in total. The van der Waals surface area contributed by atoms with Crippen LogP contribution in [0.15, 0.2) is 24.4 Å². The first kappa shape index (κ1) is 11.3. The van der Waals surface area contributed by atoms with Crippen molar-refractivity contribution in [1.29, 1.82) is 0 Å². The number of methoxy groups -OCH3 is 1. The molecule has 0 aliphatic carbocycles. The molecule has 19 heavy (non-hydrogen) atoms. The first-order chi connectivity index (χ1) is 9.17. The molecule has 0 radical (unpaired) electrons. The zero-order valence-electron chi connectivity index (χ0n) is 10.1. The van der Waals surface area contributed by atoms with Gasteiger partial charge in [-0.3, -0.25) is 0 Å². The molecule has 7 heteroatoms. The first-order valence-electron chi connectivity index (χ1n) is 5.56. The predicted molar refractivity (Wildman–Crippen MR) is 69.4 cm³/mol. The number of anilines is 1. The number of aromatic nitrogens is 4. The maximum atomic E-state index is 11.4. The van der Waals surface area contributed by atoms with Gasteiger partial charge in [-0.15, -0.1) is 0 Å². The van der Waals surface area contributed by atoms with Gasteiger partial charge in [0.1, 0.15) is 5.82 Å². The van der Waals surface area contributed by atoms with Gasteiger partial charge in [0.15, 0.2) is 11.6 Å². The summed E-state index contributed by atoms with van der Waals surface area (Å²) in [5.41, 5.74) is 7.50. The van der Waals surface area contributed by atoms with Crippen molar-refractivity contribution in [3.05, 3.63) is 30.0 Å². The summed E-state index contributed by atoms with van der Waals surface area (Å²) in [7, 11) is 1.34. The number of ether oxygens (including phenoxy) is 1. The van der Waals surface area contributed by atoms with Gasteiger partial charge in [0.2, 0.25) is 0 Å². The summed E-state index contributed by atoms with van der Waals surface area (Å²) in [6, 6.07) is 5.09. The van der Waals surface area contributed by atoms with E-state index in [1.807, 2.05) is 0 Å². The molecule has 0 aliphatic heterocycles. The molecule has 0 spiro atoms. The fourth-order valence-corrected chi connectivity index (χ4v) is 1.82. The fraction of sp³-hybridized carbons (Fsp3) is 0.0833. The smallest absolute Gasteiger partial charge is 0.337 e. The molecular formula is C12H11N5O2. The highest BCUT2D eigenvalue weighted by Crippen LogP contribution is 2.19. The number of nitrogens with zero attached hydrogens (tertiary/aromatic N) is 2. The topological polar surface area (TPSA) is 110 Å². The molecular weight excluding hydrogens is 246 g/mol. The lowest BCUT2D eigenvalue weighted by Gasteiger charge is -1.97. The maximum Gasteiger partial charge on any atom is 0.337 e. The Morgan fingerprint density at radius 2 is 2.16 bits per heavy atom. The summed E-state index contributed by atoms with van der Waals surface area (Å²) in [4.78, 5) is 25.9. The van der Waals surface area contributed by atoms with Crippen LogP contribution in [0.1, 0.15) is 10.4 Å². The Morgan fingerprint density at radius 3 is 2.84 bits per heavy atom. The van der Waals surface area contributed by atoms with Crippen LogP contribution in [-0.4, -0.2) is 33.0 Å². The van der Waals surface area contributed by atoms with Gasteiger partial charge < -0.3 is 20.4 Å². The van der Waals surface area contributed by atoms with E-state index in [1.54, 1.807) is 18.2 Å². The van der Waals surface area contributed by atoms with Crippen LogP contribution in [-0.2, 0) is 4.74 Å². The number of esters is 1. The van der Waals surface area contributed by atoms with Crippen molar-refractivity contribution < 1.29 is 9.53 Å². The largest absolute Gasteiger partial charge is 0.465 e. The third kappa shape index (κ3) is 1.90. The number of aromatic amines is 2. The van der Waals surface area contributed by atoms with Crippen molar-refractivity contribution in [2.45, 2.75) is 0 Å². The van der Waals surface area contributed by atoms with Crippen LogP contribution in [0, 0.1) is 0 Å². The minimum absolute atomic E-state index is 0.389. The second-order valence-electron chi connectivity index (χ2n) is 4.00. The van der Waals surface area contributed by atoms with Gasteiger partial charge in [0, 0.05) is 0 Å². The molecule has 2 aromatic heterocycles. The van der Waals surface area contributed by atoms with E-state index in [4.69, 9.17) is 5.73 Å². The van der Waals surface area contributed by atoms with Gasteiger partial charge in [-0.1, -0.05) is 0 Å². The maximum absolute atomic E-state index is 11.4. The summed E-state index contributed by atoms with van der Waals surface area (Å²) < 4.78 is 4.67. The Bertz CT molecular complexity index is 758. The van der Waals surface area contributed by atoms with Crippen molar-refractivity contribution in [2.75, 3.05) is 12.8 Å². The number of nitrogens with two attached hydrogens (primary N) is 1. The minimum atomic E-state index is -0.389. The van der Waals surface area contributed by atoms with Gasteiger partial charge in [-0.05, 0) is 18.2 Å². The molecule has 0 saturated heterocycles. The van der Waals surface area contributed by atoms with Crippen molar-refractivity contribution in [2.24, 2.45) is 0 Å². The Labute approximate surface area is 107 Å². The van der Waals surface area contributed by atoms with Crippen LogP contribution in [0.3, 0.4) is 0 Å². The van der Waals surface area contributed by atoms with E-state index in [2.05, 4.69) is 24.7 Å². The van der Waals surface area contributed by atoms with Crippen LogP contribution in [0.4, 0.5) is 5.82 Å². The quantitative estimate of drug-likeness (QED) is 0.600. The van der Waals surface area contributed by atoms with Gasteiger partial charge >= 0.3 is 5.97 Å². The standard InChI is InChI=1S/C12H11N5O2/c1-19-12(18)6-2-3-7-8(4-6)16-11(15-7)10-14-5-9(13)17-10/h2-5H,13H2,1H3,(H,14,17)(H,15,16). The summed E-state index contributed by atoms with van der Waals surface area (Å²) in [6.07, 6.45) is 1.52. The molecule has 96 valence electrons. The molecule has 0 bridgehead atoms. The van der Waals surface area contributed by atoms with Crippen LogP contribution in [0.25, 0.3) is 22.7 Å². The summed E-state index contributed by atoms with van der Waals surface area (Å²) in [5.74, 6) is 1.19. The van der Waals surface area contributed by atoms with Crippen molar-refractivity contribution in [3.63, 3.8) is 0 Å². The van der Waals surface area contributed by atoms with E-state index in [9.17, 15) is 4.79 Å². The third-order valence-electron chi connectivity index (χ3n) is 2.72. The number of benzene rings is 1. The molecule has 0 saturated carbocycles. The number of nitrogens with one attached hydrogen (secondary N) is 2. The zero-order valence-corrected chi connectivity index (χ0v) is 10.1. The molecule has 0 unspecified atom stereocenters. The average Bonchev–Trinajstić information content (AvgIpc) is 3.02. The zero-order chi connectivity index (χ0) is 13.4. The van der Waals surface area contributed by atoms with Crippen molar-refractivity contribution >= 4 is 22.8 Å². The number of carbonyl (C=O) groups is 1. The number of fused-ring (bicyclic) bond motifs is 1. The Morgan fingerprint density at radius 1 is 1.32 bits per heavy atom. The van der Waals surface area contributed by atoms with Crippen LogP contribution >= 0.6 is 0 Å². The summed E-state index contributed by atoms with van der Waals surface area (Å²) in [5, 5.41) is 0. The number of hydrogen-bond acceptors (Lipinski definition) is 5. The van der Waals surface area contributed by atoms with E-state index in [1.165, 1.54) is 13.3 Å². The second-order valence-corrected chi connectivity index (χ2v) is 4.00. The fourth-order valence-electron chi connectivity index (χ4n) is 1.82. The van der Waals surface area contributed by atoms with E-state index in [0.29, 0.717) is 23.0 Å². The van der Waals surface area contributed by atoms with Gasteiger partial charge in [0.05, 0.1) is 29.9 Å². The minimum Gasteiger partial charge on any atom is -0.465 e. The number of hydrogen-bond donors (Lipinski definition) is 3. The van der Waals surface area contributed by atoms with Gasteiger partial charge in [-0.2, -0.15) is 0 Å². The monoisotopic (exact) mass is 257 g/mol. The van der Waals surface area contributed by atoms with Gasteiger partial charge in [-0.25, -0.2) is 14.8 Å². The Hall–Kier alpha value is -2.83. The highest BCUT2D eigenvalue weighted by molar-refractivity contribution is 5.94. The molecule has 3 rings (SSSR count).